The summed E-state index contributed by atoms with van der Waals surface area (Å²) in [6.07, 6.45) is -4.46. The Morgan fingerprint density at radius 2 is 2.06 bits per heavy atom. The van der Waals surface area contributed by atoms with Gasteiger partial charge in [-0.2, -0.15) is 13.2 Å². The number of alkyl halides is 3. The molecule has 0 saturated heterocycles. The smallest absolute Gasteiger partial charge is 0.391 e. The summed E-state index contributed by atoms with van der Waals surface area (Å²) in [6.45, 7) is 1.90. The van der Waals surface area contributed by atoms with Gasteiger partial charge in [-0.25, -0.2) is 0 Å². The molecule has 4 nitrogen and oxygen atoms in total. The first kappa shape index (κ1) is 16.2. The molecule has 0 rings (SSSR count). The highest BCUT2D eigenvalue weighted by Gasteiger charge is 2.27. The lowest BCUT2D eigenvalue weighted by Crippen LogP contribution is -2.42. The van der Waals surface area contributed by atoms with Gasteiger partial charge in [-0.3, -0.25) is 4.79 Å². The number of halogens is 3. The number of hydrogen-bond acceptors (Lipinski definition) is 4. The standard InChI is InChI=1S/C10H18F3NO3/c1-3-5-14-8(9(15)16-2)7-17-6-4-10(11,12)13/h8,14H,3-7H2,1-2H3. The average molecular weight is 257 g/mol. The number of methoxy groups -OCH3 is 1. The second-order valence-electron chi connectivity index (χ2n) is 3.47. The third-order valence-electron chi connectivity index (χ3n) is 1.94. The Labute approximate surface area is 98.5 Å². The van der Waals surface area contributed by atoms with E-state index in [1.807, 2.05) is 6.92 Å². The van der Waals surface area contributed by atoms with E-state index in [2.05, 4.69) is 10.1 Å². The molecular formula is C10H18F3NO3. The van der Waals surface area contributed by atoms with Crippen LogP contribution in [0.2, 0.25) is 0 Å². The molecule has 0 aromatic carbocycles. The van der Waals surface area contributed by atoms with Gasteiger partial charge in [-0.05, 0) is 13.0 Å². The van der Waals surface area contributed by atoms with Gasteiger partial charge in [0.2, 0.25) is 0 Å². The number of nitrogens with one attached hydrogen (secondary N) is 1. The molecule has 0 heterocycles. The second-order valence-corrected chi connectivity index (χ2v) is 3.47. The Morgan fingerprint density at radius 1 is 1.41 bits per heavy atom. The van der Waals surface area contributed by atoms with Crippen LogP contribution in [0, 0.1) is 0 Å². The summed E-state index contributed by atoms with van der Waals surface area (Å²) in [5.41, 5.74) is 0. The highest BCUT2D eigenvalue weighted by molar-refractivity contribution is 5.75. The lowest BCUT2D eigenvalue weighted by atomic mass is 10.3. The van der Waals surface area contributed by atoms with Crippen molar-refractivity contribution in [2.75, 3.05) is 26.9 Å². The van der Waals surface area contributed by atoms with Crippen molar-refractivity contribution in [2.24, 2.45) is 0 Å². The normalized spacial score (nSPS) is 13.5. The molecule has 0 aromatic heterocycles. The molecule has 0 aliphatic rings. The summed E-state index contributed by atoms with van der Waals surface area (Å²) in [7, 11) is 1.22. The molecule has 1 atom stereocenters. The predicted octanol–water partition coefficient (Wildman–Crippen LogP) is 1.50. The van der Waals surface area contributed by atoms with Crippen LogP contribution in [0.5, 0.6) is 0 Å². The van der Waals surface area contributed by atoms with E-state index < -0.39 is 31.2 Å². The van der Waals surface area contributed by atoms with Crippen molar-refractivity contribution in [2.45, 2.75) is 32.0 Å². The monoisotopic (exact) mass is 257 g/mol. The average Bonchev–Trinajstić information content (AvgIpc) is 2.25. The summed E-state index contributed by atoms with van der Waals surface area (Å²) in [5.74, 6) is -0.537. The molecule has 0 aromatic rings. The van der Waals surface area contributed by atoms with Crippen LogP contribution in [0.3, 0.4) is 0 Å². The topological polar surface area (TPSA) is 47.6 Å². The fourth-order valence-corrected chi connectivity index (χ4v) is 1.06. The molecule has 17 heavy (non-hydrogen) atoms. The molecule has 0 saturated carbocycles. The van der Waals surface area contributed by atoms with E-state index in [0.29, 0.717) is 6.54 Å². The van der Waals surface area contributed by atoms with Crippen LogP contribution in [0.1, 0.15) is 19.8 Å². The molecule has 0 amide bonds. The lowest BCUT2D eigenvalue weighted by Gasteiger charge is -2.16. The van der Waals surface area contributed by atoms with Gasteiger partial charge in [0.25, 0.3) is 0 Å². The third-order valence-corrected chi connectivity index (χ3v) is 1.94. The Hall–Kier alpha value is -0.820. The highest BCUT2D eigenvalue weighted by atomic mass is 19.4. The minimum absolute atomic E-state index is 0.122. The second kappa shape index (κ2) is 8.30. The van der Waals surface area contributed by atoms with Crippen molar-refractivity contribution in [3.05, 3.63) is 0 Å². The summed E-state index contributed by atoms with van der Waals surface area (Å²) >= 11 is 0. The Kier molecular flexibility index (Phi) is 7.90. The van der Waals surface area contributed by atoms with Crippen LogP contribution in [-0.4, -0.2) is 45.1 Å². The van der Waals surface area contributed by atoms with Gasteiger partial charge < -0.3 is 14.8 Å². The van der Waals surface area contributed by atoms with Crippen LogP contribution in [0.25, 0.3) is 0 Å². The Bertz CT molecular complexity index is 221. The first-order valence-corrected chi connectivity index (χ1v) is 5.36. The first-order chi connectivity index (χ1) is 7.90. The van der Waals surface area contributed by atoms with Crippen molar-refractivity contribution in [1.29, 1.82) is 0 Å². The zero-order valence-electron chi connectivity index (χ0n) is 9.97. The maximum Gasteiger partial charge on any atom is 0.391 e. The van der Waals surface area contributed by atoms with Crippen LogP contribution in [0.4, 0.5) is 13.2 Å². The molecule has 0 radical (unpaired) electrons. The quantitative estimate of drug-likeness (QED) is 0.529. The molecule has 0 aliphatic heterocycles. The summed E-state index contributed by atoms with van der Waals surface area (Å²) in [5, 5.41) is 2.84. The predicted molar refractivity (Wildman–Crippen MR) is 55.6 cm³/mol. The van der Waals surface area contributed by atoms with Gasteiger partial charge >= 0.3 is 12.1 Å². The molecule has 0 spiro atoms. The van der Waals surface area contributed by atoms with Crippen molar-refractivity contribution >= 4 is 5.97 Å². The third kappa shape index (κ3) is 8.93. The highest BCUT2D eigenvalue weighted by Crippen LogP contribution is 2.18. The van der Waals surface area contributed by atoms with E-state index in [9.17, 15) is 18.0 Å². The van der Waals surface area contributed by atoms with Crippen LogP contribution < -0.4 is 5.32 Å². The number of carbonyl (C=O) groups excluding carboxylic acids is 1. The van der Waals surface area contributed by atoms with Crippen molar-refractivity contribution < 1.29 is 27.4 Å². The molecule has 0 aliphatic carbocycles. The number of carbonyl (C=O) groups is 1. The van der Waals surface area contributed by atoms with E-state index in [-0.39, 0.29) is 6.61 Å². The maximum absolute atomic E-state index is 11.8. The summed E-state index contributed by atoms with van der Waals surface area (Å²) in [4.78, 5) is 11.2. The zero-order valence-corrected chi connectivity index (χ0v) is 9.97. The van der Waals surface area contributed by atoms with Crippen LogP contribution in [0.15, 0.2) is 0 Å². The maximum atomic E-state index is 11.8. The van der Waals surface area contributed by atoms with Gasteiger partial charge in [0.15, 0.2) is 0 Å². The fraction of sp³-hybridized carbons (Fsp3) is 0.900. The van der Waals surface area contributed by atoms with Gasteiger partial charge in [0, 0.05) is 0 Å². The minimum atomic E-state index is -4.24. The SMILES string of the molecule is CCCNC(COCCC(F)(F)F)C(=O)OC. The Balaban J connectivity index is 3.87. The van der Waals surface area contributed by atoms with E-state index in [4.69, 9.17) is 4.74 Å². The van der Waals surface area contributed by atoms with Crippen molar-refractivity contribution in [3.63, 3.8) is 0 Å². The molecular weight excluding hydrogens is 239 g/mol. The van der Waals surface area contributed by atoms with Gasteiger partial charge in [0.1, 0.15) is 6.04 Å². The minimum Gasteiger partial charge on any atom is -0.468 e. The number of ether oxygens (including phenoxy) is 2. The van der Waals surface area contributed by atoms with E-state index >= 15 is 0 Å². The van der Waals surface area contributed by atoms with Crippen LogP contribution >= 0.6 is 0 Å². The Morgan fingerprint density at radius 3 is 2.53 bits per heavy atom. The molecule has 1 N–H and O–H groups in total. The summed E-state index contributed by atoms with van der Waals surface area (Å²) in [6, 6.07) is -0.715. The van der Waals surface area contributed by atoms with Gasteiger partial charge in [0.05, 0.1) is 26.7 Å². The van der Waals surface area contributed by atoms with E-state index in [1.165, 1.54) is 7.11 Å². The number of hydrogen-bond donors (Lipinski definition) is 1. The number of rotatable bonds is 8. The van der Waals surface area contributed by atoms with E-state index in [0.717, 1.165) is 6.42 Å². The molecule has 7 heteroatoms. The largest absolute Gasteiger partial charge is 0.468 e. The van der Waals surface area contributed by atoms with E-state index in [1.54, 1.807) is 0 Å². The molecule has 0 bridgehead atoms. The van der Waals surface area contributed by atoms with Crippen molar-refractivity contribution in [1.82, 2.24) is 5.32 Å². The lowest BCUT2D eigenvalue weighted by molar-refractivity contribution is -0.150. The van der Waals surface area contributed by atoms with Crippen molar-refractivity contribution in [3.8, 4) is 0 Å². The zero-order chi connectivity index (χ0) is 13.3. The first-order valence-electron chi connectivity index (χ1n) is 5.36. The molecule has 1 unspecified atom stereocenters. The van der Waals surface area contributed by atoms with Crippen LogP contribution in [-0.2, 0) is 14.3 Å². The van der Waals surface area contributed by atoms with Gasteiger partial charge in [-0.15, -0.1) is 0 Å². The van der Waals surface area contributed by atoms with Gasteiger partial charge in [-0.1, -0.05) is 6.92 Å². The number of esters is 1. The molecule has 0 fully saturated rings. The molecule has 102 valence electrons. The summed E-state index contributed by atoms with van der Waals surface area (Å²) < 4.78 is 44.8. The fourth-order valence-electron chi connectivity index (χ4n) is 1.06.